The number of carbonyl (C=O) groups excluding carboxylic acids is 1. The fraction of sp³-hybridized carbons (Fsp3) is 0.429. The zero-order chi connectivity index (χ0) is 19.5. The molecule has 0 atom stereocenters. The first-order valence-electron chi connectivity index (χ1n) is 8.78. The molecule has 0 bridgehead atoms. The van der Waals surface area contributed by atoms with Gasteiger partial charge in [0, 0.05) is 17.0 Å². The first-order chi connectivity index (χ1) is 12.0. The van der Waals surface area contributed by atoms with E-state index < -0.39 is 0 Å². The molecule has 2 rings (SSSR count). The summed E-state index contributed by atoms with van der Waals surface area (Å²) in [6.45, 7) is 16.6. The van der Waals surface area contributed by atoms with Crippen molar-refractivity contribution in [2.75, 3.05) is 11.9 Å². The predicted octanol–water partition coefficient (Wildman–Crippen LogP) is 4.75. The van der Waals surface area contributed by atoms with E-state index in [-0.39, 0.29) is 16.9 Å². The minimum atomic E-state index is -0.242. The van der Waals surface area contributed by atoms with Gasteiger partial charge in [-0.3, -0.25) is 4.79 Å². The van der Waals surface area contributed by atoms with E-state index in [2.05, 4.69) is 53.4 Å². The quantitative estimate of drug-likeness (QED) is 0.787. The predicted molar refractivity (Wildman–Crippen MR) is 106 cm³/mol. The number of benzene rings is 1. The molecule has 1 heterocycles. The van der Waals surface area contributed by atoms with E-state index in [1.807, 2.05) is 10.7 Å². The number of ether oxygens (including phenoxy) is 1. The summed E-state index contributed by atoms with van der Waals surface area (Å²) in [5.74, 6) is 1.22. The van der Waals surface area contributed by atoms with Crippen molar-refractivity contribution >= 4 is 11.7 Å². The van der Waals surface area contributed by atoms with Crippen LogP contribution in [0.1, 0.15) is 57.6 Å². The van der Waals surface area contributed by atoms with Gasteiger partial charge in [-0.05, 0) is 45.0 Å². The number of nitrogens with one attached hydrogen (secondary N) is 1. The van der Waals surface area contributed by atoms with E-state index in [0.717, 1.165) is 5.69 Å². The summed E-state index contributed by atoms with van der Waals surface area (Å²) in [6, 6.07) is 9.00. The van der Waals surface area contributed by atoms with Gasteiger partial charge in [-0.25, -0.2) is 4.68 Å². The van der Waals surface area contributed by atoms with Crippen LogP contribution in [0.2, 0.25) is 0 Å². The largest absolute Gasteiger partial charge is 0.490 e. The Bertz CT molecular complexity index is 775. The molecular formula is C21H29N3O2. The van der Waals surface area contributed by atoms with Crippen LogP contribution in [0.4, 0.5) is 5.82 Å². The maximum absolute atomic E-state index is 12.7. The van der Waals surface area contributed by atoms with Crippen molar-refractivity contribution in [2.45, 2.75) is 52.5 Å². The van der Waals surface area contributed by atoms with Gasteiger partial charge in [-0.15, -0.1) is 0 Å². The molecular weight excluding hydrogens is 326 g/mol. The molecule has 0 unspecified atom stereocenters. The smallest absolute Gasteiger partial charge is 0.256 e. The molecule has 26 heavy (non-hydrogen) atoms. The Morgan fingerprint density at radius 3 is 2.31 bits per heavy atom. The van der Waals surface area contributed by atoms with E-state index >= 15 is 0 Å². The van der Waals surface area contributed by atoms with Gasteiger partial charge in [0.05, 0.1) is 11.2 Å². The lowest BCUT2D eigenvalue weighted by Crippen LogP contribution is -2.27. The molecule has 5 nitrogen and oxygen atoms in total. The van der Waals surface area contributed by atoms with Crippen molar-refractivity contribution in [2.24, 2.45) is 0 Å². The van der Waals surface area contributed by atoms with Crippen LogP contribution in [0, 0.1) is 0 Å². The molecule has 0 radical (unpaired) electrons. The van der Waals surface area contributed by atoms with E-state index in [0.29, 0.717) is 23.7 Å². The molecule has 1 N–H and O–H groups in total. The van der Waals surface area contributed by atoms with Crippen LogP contribution in [0.3, 0.4) is 0 Å². The highest BCUT2D eigenvalue weighted by Gasteiger charge is 2.25. The van der Waals surface area contributed by atoms with Crippen molar-refractivity contribution in [1.82, 2.24) is 9.78 Å². The van der Waals surface area contributed by atoms with Gasteiger partial charge in [0.25, 0.3) is 5.91 Å². The van der Waals surface area contributed by atoms with E-state index in [4.69, 9.17) is 9.84 Å². The number of carbonyl (C=O) groups is 1. The van der Waals surface area contributed by atoms with E-state index in [1.165, 1.54) is 0 Å². The molecule has 0 aliphatic rings. The second-order valence-corrected chi connectivity index (χ2v) is 8.33. The normalized spacial score (nSPS) is 11.9. The summed E-state index contributed by atoms with van der Waals surface area (Å²) in [4.78, 5) is 12.7. The van der Waals surface area contributed by atoms with Crippen molar-refractivity contribution in [1.29, 1.82) is 0 Å². The third-order valence-electron chi connectivity index (χ3n) is 3.84. The number of hydrogen-bond donors (Lipinski definition) is 1. The zero-order valence-electron chi connectivity index (χ0n) is 16.6. The van der Waals surface area contributed by atoms with Gasteiger partial charge >= 0.3 is 0 Å². The van der Waals surface area contributed by atoms with Crippen molar-refractivity contribution in [3.8, 4) is 5.75 Å². The minimum Gasteiger partial charge on any atom is -0.490 e. The molecule has 1 aromatic carbocycles. The van der Waals surface area contributed by atoms with Gasteiger partial charge in [0.15, 0.2) is 0 Å². The van der Waals surface area contributed by atoms with Crippen LogP contribution >= 0.6 is 0 Å². The molecule has 0 spiro atoms. The number of hydrogen-bond acceptors (Lipinski definition) is 3. The molecule has 0 aliphatic carbocycles. The number of anilines is 1. The number of nitrogens with zero attached hydrogens (tertiary/aromatic N) is 2. The summed E-state index contributed by atoms with van der Waals surface area (Å²) < 4.78 is 7.32. The number of aromatic nitrogens is 2. The summed E-state index contributed by atoms with van der Waals surface area (Å²) >= 11 is 0. The van der Waals surface area contributed by atoms with Crippen LogP contribution in [-0.4, -0.2) is 22.3 Å². The third kappa shape index (κ3) is 4.75. The molecule has 1 amide bonds. The second-order valence-electron chi connectivity index (χ2n) is 8.33. The fourth-order valence-corrected chi connectivity index (χ4v) is 2.39. The van der Waals surface area contributed by atoms with E-state index in [9.17, 15) is 4.79 Å². The van der Waals surface area contributed by atoms with Gasteiger partial charge in [0.2, 0.25) is 0 Å². The van der Waals surface area contributed by atoms with Crippen molar-refractivity contribution in [3.05, 3.63) is 54.2 Å². The summed E-state index contributed by atoms with van der Waals surface area (Å²) in [7, 11) is 0. The molecule has 5 heteroatoms. The maximum atomic E-state index is 12.7. The van der Waals surface area contributed by atoms with Crippen LogP contribution in [0.15, 0.2) is 43.0 Å². The Labute approximate surface area is 156 Å². The average Bonchev–Trinajstić information content (AvgIpc) is 2.97. The molecule has 0 saturated carbocycles. The van der Waals surface area contributed by atoms with Gasteiger partial charge in [-0.2, -0.15) is 5.10 Å². The van der Waals surface area contributed by atoms with Crippen LogP contribution in [0.5, 0.6) is 5.75 Å². The van der Waals surface area contributed by atoms with Gasteiger partial charge in [0.1, 0.15) is 18.2 Å². The molecule has 0 saturated heterocycles. The monoisotopic (exact) mass is 355 g/mol. The first kappa shape index (κ1) is 19.8. The van der Waals surface area contributed by atoms with Crippen molar-refractivity contribution in [3.63, 3.8) is 0 Å². The standard InChI is InChI=1S/C21H29N3O2/c1-8-13-26-16-11-9-15(10-12-16)19(25)22-18-14-17(20(2,3)4)23-24(18)21(5,6)7/h8-12,14H,1,13H2,2-7H3,(H,22,25). The maximum Gasteiger partial charge on any atom is 0.256 e. The highest BCUT2D eigenvalue weighted by atomic mass is 16.5. The first-order valence-corrected chi connectivity index (χ1v) is 8.78. The Kier molecular flexibility index (Phi) is 5.59. The van der Waals surface area contributed by atoms with Gasteiger partial charge in [-0.1, -0.05) is 33.4 Å². The SMILES string of the molecule is C=CCOc1ccc(C(=O)Nc2cc(C(C)(C)C)nn2C(C)(C)C)cc1. The minimum absolute atomic E-state index is 0.0971. The fourth-order valence-electron chi connectivity index (χ4n) is 2.39. The molecule has 1 aromatic heterocycles. The lowest BCUT2D eigenvalue weighted by molar-refractivity contribution is 0.102. The van der Waals surface area contributed by atoms with Gasteiger partial charge < -0.3 is 10.1 Å². The Morgan fingerprint density at radius 2 is 1.81 bits per heavy atom. The molecule has 2 aromatic rings. The van der Waals surface area contributed by atoms with Crippen LogP contribution < -0.4 is 10.1 Å². The highest BCUT2D eigenvalue weighted by molar-refractivity contribution is 6.03. The molecule has 0 fully saturated rings. The third-order valence-corrected chi connectivity index (χ3v) is 3.84. The molecule has 0 aliphatic heterocycles. The lowest BCUT2D eigenvalue weighted by atomic mass is 9.92. The summed E-state index contributed by atoms with van der Waals surface area (Å²) in [6.07, 6.45) is 1.68. The second kappa shape index (κ2) is 7.36. The Balaban J connectivity index is 2.25. The average molecular weight is 355 g/mol. The highest BCUT2D eigenvalue weighted by Crippen LogP contribution is 2.28. The number of amides is 1. The van der Waals surface area contributed by atoms with Crippen LogP contribution in [0.25, 0.3) is 0 Å². The Morgan fingerprint density at radius 1 is 1.19 bits per heavy atom. The van der Waals surface area contributed by atoms with Crippen LogP contribution in [-0.2, 0) is 11.0 Å². The topological polar surface area (TPSA) is 56.1 Å². The number of rotatable bonds is 5. The van der Waals surface area contributed by atoms with E-state index in [1.54, 1.807) is 30.3 Å². The summed E-state index contributed by atoms with van der Waals surface area (Å²) in [5.41, 5.74) is 1.17. The zero-order valence-corrected chi connectivity index (χ0v) is 16.6. The molecule has 140 valence electrons. The Hall–Kier alpha value is -2.56. The summed E-state index contributed by atoms with van der Waals surface area (Å²) in [5, 5.41) is 7.71. The van der Waals surface area contributed by atoms with Crippen molar-refractivity contribution < 1.29 is 9.53 Å². The lowest BCUT2D eigenvalue weighted by Gasteiger charge is -2.23.